The number of benzene rings is 1. The molecule has 0 aliphatic heterocycles. The Bertz CT molecular complexity index is 644. The molecule has 0 radical (unpaired) electrons. The van der Waals surface area contributed by atoms with Crippen molar-refractivity contribution in [2.75, 3.05) is 0 Å². The highest BCUT2D eigenvalue weighted by molar-refractivity contribution is 6.14. The van der Waals surface area contributed by atoms with Crippen molar-refractivity contribution in [2.24, 2.45) is 10.4 Å². The smallest absolute Gasteiger partial charge is 0.333 e. The summed E-state index contributed by atoms with van der Waals surface area (Å²) in [4.78, 5) is 27.4. The van der Waals surface area contributed by atoms with Crippen LogP contribution >= 0.6 is 0 Å². The number of ketones is 1. The van der Waals surface area contributed by atoms with Crippen LogP contribution < -0.4 is 0 Å². The van der Waals surface area contributed by atoms with Gasteiger partial charge in [0.15, 0.2) is 11.8 Å². The second-order valence-corrected chi connectivity index (χ2v) is 6.23. The number of aliphatic hydroxyl groups is 1. The molecule has 0 bridgehead atoms. The third kappa shape index (κ3) is 3.61. The number of aliphatic imine (C=N–C) groups is 1. The molecule has 5 heteroatoms. The van der Waals surface area contributed by atoms with E-state index in [1.807, 2.05) is 13.8 Å². The molecular formula is C17H19NO4. The van der Waals surface area contributed by atoms with E-state index < -0.39 is 12.0 Å². The molecule has 1 aromatic carbocycles. The minimum absolute atomic E-state index is 0.0257. The molecule has 0 spiro atoms. The van der Waals surface area contributed by atoms with Gasteiger partial charge < -0.3 is 10.2 Å². The maximum atomic E-state index is 12.1. The van der Waals surface area contributed by atoms with Gasteiger partial charge in [0.25, 0.3) is 0 Å². The molecule has 1 atom stereocenters. The van der Waals surface area contributed by atoms with Crippen LogP contribution in [0.5, 0.6) is 0 Å². The van der Waals surface area contributed by atoms with E-state index in [1.54, 1.807) is 30.3 Å². The molecule has 0 saturated heterocycles. The molecule has 116 valence electrons. The lowest BCUT2D eigenvalue weighted by atomic mass is 9.77. The lowest BCUT2D eigenvalue weighted by molar-refractivity contribution is -0.138. The molecule has 0 amide bonds. The van der Waals surface area contributed by atoms with Gasteiger partial charge in [-0.15, -0.1) is 0 Å². The monoisotopic (exact) mass is 301 g/mol. The van der Waals surface area contributed by atoms with Gasteiger partial charge in [-0.2, -0.15) is 0 Å². The molecule has 0 heterocycles. The van der Waals surface area contributed by atoms with E-state index in [1.165, 1.54) is 6.21 Å². The van der Waals surface area contributed by atoms with Crippen molar-refractivity contribution in [3.63, 3.8) is 0 Å². The Kier molecular flexibility index (Phi) is 4.45. The van der Waals surface area contributed by atoms with Gasteiger partial charge in [-0.3, -0.25) is 9.79 Å². The number of carbonyl (C=O) groups is 2. The zero-order chi connectivity index (χ0) is 16.3. The zero-order valence-corrected chi connectivity index (χ0v) is 12.6. The first-order valence-corrected chi connectivity index (χ1v) is 7.06. The van der Waals surface area contributed by atoms with Gasteiger partial charge in [0.2, 0.25) is 0 Å². The van der Waals surface area contributed by atoms with Crippen molar-refractivity contribution in [3.8, 4) is 0 Å². The van der Waals surface area contributed by atoms with Gasteiger partial charge in [0, 0.05) is 19.1 Å². The molecule has 2 N–H and O–H groups in total. The third-order valence-electron chi connectivity index (χ3n) is 3.60. The number of aliphatic carboxylic acids is 1. The Labute approximate surface area is 129 Å². The summed E-state index contributed by atoms with van der Waals surface area (Å²) in [5.74, 6) is -1.34. The van der Waals surface area contributed by atoms with Crippen LogP contribution in [0.3, 0.4) is 0 Å². The van der Waals surface area contributed by atoms with Gasteiger partial charge >= 0.3 is 5.97 Å². The predicted octanol–water partition coefficient (Wildman–Crippen LogP) is 3.08. The van der Waals surface area contributed by atoms with Crippen LogP contribution in [0.2, 0.25) is 0 Å². The highest BCUT2D eigenvalue weighted by atomic mass is 16.4. The molecule has 1 aliphatic rings. The number of carbonyl (C=O) groups excluding carboxylic acids is 1. The molecule has 1 aliphatic carbocycles. The van der Waals surface area contributed by atoms with E-state index in [0.717, 1.165) is 0 Å². The Balaban J connectivity index is 2.29. The average Bonchev–Trinajstić information content (AvgIpc) is 2.41. The summed E-state index contributed by atoms with van der Waals surface area (Å²) in [6, 6.07) is 7.47. The Morgan fingerprint density at radius 2 is 1.91 bits per heavy atom. The van der Waals surface area contributed by atoms with Crippen molar-refractivity contribution in [1.82, 2.24) is 0 Å². The summed E-state index contributed by atoms with van der Waals surface area (Å²) >= 11 is 0. The number of aliphatic hydroxyl groups excluding tert-OH is 1. The van der Waals surface area contributed by atoms with Crippen LogP contribution in [-0.2, 0) is 9.59 Å². The Morgan fingerprint density at radius 3 is 2.45 bits per heavy atom. The topological polar surface area (TPSA) is 87.0 Å². The molecule has 22 heavy (non-hydrogen) atoms. The summed E-state index contributed by atoms with van der Waals surface area (Å²) in [7, 11) is 0. The van der Waals surface area contributed by atoms with E-state index >= 15 is 0 Å². The predicted molar refractivity (Wildman–Crippen MR) is 83.0 cm³/mol. The van der Waals surface area contributed by atoms with Crippen molar-refractivity contribution >= 4 is 18.0 Å². The first-order valence-electron chi connectivity index (χ1n) is 7.06. The summed E-state index contributed by atoms with van der Waals surface area (Å²) in [6.45, 7) is 3.80. The van der Waals surface area contributed by atoms with E-state index in [-0.39, 0.29) is 22.5 Å². The summed E-state index contributed by atoms with van der Waals surface area (Å²) in [5, 5.41) is 19.3. The minimum Gasteiger partial charge on any atom is -0.511 e. The van der Waals surface area contributed by atoms with Crippen molar-refractivity contribution in [2.45, 2.75) is 32.7 Å². The molecular weight excluding hydrogens is 282 g/mol. The highest BCUT2D eigenvalue weighted by Crippen LogP contribution is 2.35. The maximum Gasteiger partial charge on any atom is 0.333 e. The van der Waals surface area contributed by atoms with Gasteiger partial charge in [-0.25, -0.2) is 4.79 Å². The highest BCUT2D eigenvalue weighted by Gasteiger charge is 2.32. The number of carboxylic acids is 1. The van der Waals surface area contributed by atoms with Crippen molar-refractivity contribution in [1.29, 1.82) is 0 Å². The van der Waals surface area contributed by atoms with Crippen LogP contribution in [0.4, 0.5) is 0 Å². The normalized spacial score (nSPS) is 19.5. The maximum absolute atomic E-state index is 12.1. The number of nitrogens with zero attached hydrogens (tertiary/aromatic N) is 1. The largest absolute Gasteiger partial charge is 0.511 e. The van der Waals surface area contributed by atoms with Crippen LogP contribution in [0.25, 0.3) is 0 Å². The number of allylic oxidation sites excluding steroid dienone is 2. The van der Waals surface area contributed by atoms with Crippen LogP contribution in [0, 0.1) is 5.41 Å². The van der Waals surface area contributed by atoms with Gasteiger partial charge in [-0.1, -0.05) is 44.2 Å². The lowest BCUT2D eigenvalue weighted by Gasteiger charge is -2.28. The van der Waals surface area contributed by atoms with E-state index in [2.05, 4.69) is 4.99 Å². The lowest BCUT2D eigenvalue weighted by Crippen LogP contribution is -2.26. The molecule has 0 unspecified atom stereocenters. The van der Waals surface area contributed by atoms with Crippen LogP contribution in [0.1, 0.15) is 38.3 Å². The Hall–Kier alpha value is -2.43. The molecule has 5 nitrogen and oxygen atoms in total. The number of carboxylic acid groups (broad SMARTS) is 1. The number of rotatable bonds is 4. The molecule has 0 fully saturated rings. The van der Waals surface area contributed by atoms with Crippen molar-refractivity contribution in [3.05, 3.63) is 47.2 Å². The number of hydrogen-bond acceptors (Lipinski definition) is 4. The zero-order valence-electron chi connectivity index (χ0n) is 12.6. The minimum atomic E-state index is -1.11. The summed E-state index contributed by atoms with van der Waals surface area (Å²) < 4.78 is 0. The number of Topliss-reactive ketones (excluding diaryl/α,β-unsaturated/α-hetero) is 1. The van der Waals surface area contributed by atoms with Crippen LogP contribution in [0.15, 0.2) is 46.7 Å². The molecule has 2 rings (SSSR count). The fourth-order valence-corrected chi connectivity index (χ4v) is 2.53. The number of hydrogen-bond donors (Lipinski definition) is 2. The molecule has 0 aromatic heterocycles. The van der Waals surface area contributed by atoms with Gasteiger partial charge in [0.1, 0.15) is 5.76 Å². The van der Waals surface area contributed by atoms with E-state index in [9.17, 15) is 19.8 Å². The third-order valence-corrected chi connectivity index (χ3v) is 3.60. The first-order chi connectivity index (χ1) is 10.3. The van der Waals surface area contributed by atoms with Crippen molar-refractivity contribution < 1.29 is 19.8 Å². The summed E-state index contributed by atoms with van der Waals surface area (Å²) in [5.41, 5.74) is 0.348. The first kappa shape index (κ1) is 15.9. The SMILES string of the molecule is CC1(C)CC(=O)C(C=N[C@H](C(=O)O)c2ccccc2)=C(O)C1. The standard InChI is InChI=1S/C17H19NO4/c1-17(2)8-13(19)12(14(20)9-17)10-18-15(16(21)22)11-6-4-3-5-7-11/h3-7,10,15,19H,8-9H2,1-2H3,(H,21,22)/t15-/m0/s1. The van der Waals surface area contributed by atoms with E-state index in [4.69, 9.17) is 0 Å². The average molecular weight is 301 g/mol. The van der Waals surface area contributed by atoms with Gasteiger partial charge in [0.05, 0.1) is 5.57 Å². The summed E-state index contributed by atoms with van der Waals surface area (Å²) in [6.07, 6.45) is 1.88. The van der Waals surface area contributed by atoms with Crippen LogP contribution in [-0.4, -0.2) is 28.2 Å². The molecule has 0 saturated carbocycles. The fraction of sp³-hybridized carbons (Fsp3) is 0.353. The fourth-order valence-electron chi connectivity index (χ4n) is 2.53. The quantitative estimate of drug-likeness (QED) is 0.837. The molecule has 1 aromatic rings. The second-order valence-electron chi connectivity index (χ2n) is 6.23. The van der Waals surface area contributed by atoms with Gasteiger partial charge in [-0.05, 0) is 11.0 Å². The Morgan fingerprint density at radius 1 is 1.27 bits per heavy atom. The second kappa shape index (κ2) is 6.13. The van der Waals surface area contributed by atoms with E-state index in [0.29, 0.717) is 18.4 Å².